The Hall–Kier alpha value is -2.52. The Bertz CT molecular complexity index is 836. The fourth-order valence-electron chi connectivity index (χ4n) is 2.03. The first-order chi connectivity index (χ1) is 9.86. The van der Waals surface area contributed by atoms with Gasteiger partial charge in [-0.05, 0) is 43.2 Å². The van der Waals surface area contributed by atoms with Crippen LogP contribution >= 0.6 is 0 Å². The van der Waals surface area contributed by atoms with Crippen LogP contribution in [0.1, 0.15) is 16.7 Å². The highest BCUT2D eigenvalue weighted by Gasteiger charge is 2.22. The van der Waals surface area contributed by atoms with Crippen LogP contribution in [0.4, 0.5) is 11.4 Å². The number of nitrogen functional groups attached to an aromatic ring is 1. The minimum atomic E-state index is -3.86. The first-order valence-corrected chi connectivity index (χ1v) is 7.73. The molecule has 0 bridgehead atoms. The van der Waals surface area contributed by atoms with Gasteiger partial charge >= 0.3 is 0 Å². The average Bonchev–Trinajstić information content (AvgIpc) is 2.43. The van der Waals surface area contributed by atoms with Crippen molar-refractivity contribution in [1.82, 2.24) is 0 Å². The summed E-state index contributed by atoms with van der Waals surface area (Å²) >= 11 is 0. The van der Waals surface area contributed by atoms with Crippen LogP contribution in [0.3, 0.4) is 0 Å². The summed E-state index contributed by atoms with van der Waals surface area (Å²) in [4.78, 5) is 0.0512. The van der Waals surface area contributed by atoms with Crippen LogP contribution in [0.2, 0.25) is 0 Å². The largest absolute Gasteiger partial charge is 0.398 e. The first kappa shape index (κ1) is 14.9. The van der Waals surface area contributed by atoms with E-state index < -0.39 is 10.0 Å². The molecule has 108 valence electrons. The molecule has 0 spiro atoms. The predicted octanol–water partition coefficient (Wildman–Crippen LogP) is 2.56. The highest BCUT2D eigenvalue weighted by molar-refractivity contribution is 7.93. The summed E-state index contributed by atoms with van der Waals surface area (Å²) in [6.45, 7) is 3.52. The molecule has 0 unspecified atom stereocenters. The average molecular weight is 301 g/mol. The Morgan fingerprint density at radius 3 is 2.48 bits per heavy atom. The highest BCUT2D eigenvalue weighted by Crippen LogP contribution is 2.28. The lowest BCUT2D eigenvalue weighted by Crippen LogP contribution is -2.17. The molecule has 0 heterocycles. The maximum Gasteiger partial charge on any atom is 0.264 e. The van der Waals surface area contributed by atoms with Crippen molar-refractivity contribution in [2.75, 3.05) is 10.5 Å². The molecule has 6 heteroatoms. The zero-order valence-corrected chi connectivity index (χ0v) is 12.5. The number of anilines is 2. The topological polar surface area (TPSA) is 96.0 Å². The lowest BCUT2D eigenvalue weighted by Gasteiger charge is -2.14. The Morgan fingerprint density at radius 1 is 1.14 bits per heavy atom. The summed E-state index contributed by atoms with van der Waals surface area (Å²) in [5.41, 5.74) is 7.91. The molecule has 21 heavy (non-hydrogen) atoms. The SMILES string of the molecule is Cc1ccc(N)c(S(=O)(=O)Nc2ccccc2C#N)c1C. The van der Waals surface area contributed by atoms with Crippen LogP contribution in [-0.4, -0.2) is 8.42 Å². The number of hydrogen-bond donors (Lipinski definition) is 2. The van der Waals surface area contributed by atoms with E-state index in [2.05, 4.69) is 4.72 Å². The molecule has 3 N–H and O–H groups in total. The molecule has 0 amide bonds. The van der Waals surface area contributed by atoms with Gasteiger partial charge < -0.3 is 5.73 Å². The fourth-order valence-corrected chi connectivity index (χ4v) is 3.55. The molecular weight excluding hydrogens is 286 g/mol. The van der Waals surface area contributed by atoms with Crippen molar-refractivity contribution in [2.45, 2.75) is 18.7 Å². The maximum absolute atomic E-state index is 12.6. The summed E-state index contributed by atoms with van der Waals surface area (Å²) < 4.78 is 27.6. The maximum atomic E-state index is 12.6. The van der Waals surface area contributed by atoms with Crippen LogP contribution in [0.5, 0.6) is 0 Å². The summed E-state index contributed by atoms with van der Waals surface area (Å²) in [5.74, 6) is 0. The van der Waals surface area contributed by atoms with Gasteiger partial charge in [0.1, 0.15) is 11.0 Å². The second-order valence-corrected chi connectivity index (χ2v) is 6.31. The standard InChI is InChI=1S/C15H15N3O2S/c1-10-7-8-13(17)15(11(10)2)21(19,20)18-14-6-4-3-5-12(14)9-16/h3-8,18H,17H2,1-2H3. The van der Waals surface area contributed by atoms with Crippen LogP contribution < -0.4 is 10.5 Å². The van der Waals surface area contributed by atoms with Crippen molar-refractivity contribution in [2.24, 2.45) is 0 Å². The van der Waals surface area contributed by atoms with Crippen molar-refractivity contribution in [3.8, 4) is 6.07 Å². The van der Waals surface area contributed by atoms with Gasteiger partial charge in [0.15, 0.2) is 0 Å². The highest BCUT2D eigenvalue weighted by atomic mass is 32.2. The molecule has 2 aromatic carbocycles. The van der Waals surface area contributed by atoms with Crippen molar-refractivity contribution in [3.05, 3.63) is 53.1 Å². The third kappa shape index (κ3) is 2.83. The van der Waals surface area contributed by atoms with E-state index >= 15 is 0 Å². The van der Waals surface area contributed by atoms with Crippen LogP contribution in [0.15, 0.2) is 41.3 Å². The van der Waals surface area contributed by atoms with Gasteiger partial charge in [-0.1, -0.05) is 18.2 Å². The Balaban J connectivity index is 2.55. The molecule has 0 aliphatic rings. The van der Waals surface area contributed by atoms with Crippen LogP contribution in [-0.2, 0) is 10.0 Å². The van der Waals surface area contributed by atoms with E-state index in [1.807, 2.05) is 13.0 Å². The van der Waals surface area contributed by atoms with Crippen molar-refractivity contribution in [1.29, 1.82) is 5.26 Å². The van der Waals surface area contributed by atoms with Gasteiger partial charge in [0.05, 0.1) is 16.9 Å². The molecule has 0 aromatic heterocycles. The molecule has 2 aromatic rings. The fraction of sp³-hybridized carbons (Fsp3) is 0.133. The van der Waals surface area contributed by atoms with E-state index in [4.69, 9.17) is 11.0 Å². The van der Waals surface area contributed by atoms with Crippen molar-refractivity contribution >= 4 is 21.4 Å². The number of para-hydroxylation sites is 1. The first-order valence-electron chi connectivity index (χ1n) is 6.24. The van der Waals surface area contributed by atoms with E-state index in [1.54, 1.807) is 37.3 Å². The second-order valence-electron chi connectivity index (χ2n) is 4.69. The summed E-state index contributed by atoms with van der Waals surface area (Å²) in [6, 6.07) is 11.7. The number of nitrogens with two attached hydrogens (primary N) is 1. The van der Waals surface area contributed by atoms with Gasteiger partial charge in [0.25, 0.3) is 10.0 Å². The van der Waals surface area contributed by atoms with E-state index in [0.29, 0.717) is 5.56 Å². The number of aryl methyl sites for hydroxylation is 1. The van der Waals surface area contributed by atoms with Gasteiger partial charge in [-0.2, -0.15) is 5.26 Å². The van der Waals surface area contributed by atoms with E-state index in [0.717, 1.165) is 5.56 Å². The van der Waals surface area contributed by atoms with Crippen LogP contribution in [0.25, 0.3) is 0 Å². The third-order valence-corrected chi connectivity index (χ3v) is 4.84. The number of sulfonamides is 1. The molecule has 0 radical (unpaired) electrons. The zero-order chi connectivity index (χ0) is 15.6. The quantitative estimate of drug-likeness (QED) is 0.851. The Morgan fingerprint density at radius 2 is 1.81 bits per heavy atom. The number of nitrogens with zero attached hydrogens (tertiary/aromatic N) is 1. The van der Waals surface area contributed by atoms with Gasteiger partial charge in [-0.3, -0.25) is 4.72 Å². The molecule has 0 atom stereocenters. The minimum absolute atomic E-state index is 0.0512. The van der Waals surface area contributed by atoms with E-state index in [9.17, 15) is 8.42 Å². The van der Waals surface area contributed by atoms with Gasteiger partial charge in [-0.15, -0.1) is 0 Å². The molecule has 0 aliphatic heterocycles. The van der Waals surface area contributed by atoms with E-state index in [1.165, 1.54) is 6.07 Å². The Kier molecular flexibility index (Phi) is 3.87. The lowest BCUT2D eigenvalue weighted by molar-refractivity contribution is 0.601. The smallest absolute Gasteiger partial charge is 0.264 e. The number of nitriles is 1. The lowest BCUT2D eigenvalue weighted by atomic mass is 10.1. The predicted molar refractivity (Wildman–Crippen MR) is 82.3 cm³/mol. The molecule has 2 rings (SSSR count). The molecular formula is C15H15N3O2S. The molecule has 0 saturated heterocycles. The molecule has 5 nitrogen and oxygen atoms in total. The molecule has 0 aliphatic carbocycles. The number of benzene rings is 2. The summed E-state index contributed by atoms with van der Waals surface area (Å²) in [5, 5.41) is 9.03. The van der Waals surface area contributed by atoms with Crippen molar-refractivity contribution in [3.63, 3.8) is 0 Å². The van der Waals surface area contributed by atoms with Gasteiger partial charge in [0, 0.05) is 0 Å². The van der Waals surface area contributed by atoms with Crippen molar-refractivity contribution < 1.29 is 8.42 Å². The Labute approximate surface area is 124 Å². The third-order valence-electron chi connectivity index (χ3n) is 3.27. The second kappa shape index (κ2) is 5.46. The molecule has 0 saturated carbocycles. The monoisotopic (exact) mass is 301 g/mol. The summed E-state index contributed by atoms with van der Waals surface area (Å²) in [7, 11) is -3.86. The van der Waals surface area contributed by atoms with Gasteiger partial charge in [0.2, 0.25) is 0 Å². The van der Waals surface area contributed by atoms with E-state index in [-0.39, 0.29) is 21.8 Å². The number of hydrogen-bond acceptors (Lipinski definition) is 4. The van der Waals surface area contributed by atoms with Gasteiger partial charge in [-0.25, -0.2) is 8.42 Å². The number of nitrogens with one attached hydrogen (secondary N) is 1. The van der Waals surface area contributed by atoms with Crippen LogP contribution in [0, 0.1) is 25.2 Å². The minimum Gasteiger partial charge on any atom is -0.398 e. The zero-order valence-electron chi connectivity index (χ0n) is 11.7. The normalized spacial score (nSPS) is 10.9. The number of rotatable bonds is 3. The molecule has 0 fully saturated rings. The summed E-state index contributed by atoms with van der Waals surface area (Å²) in [6.07, 6.45) is 0.